The first-order valence-electron chi connectivity index (χ1n) is 8.06. The lowest BCUT2D eigenvalue weighted by Gasteiger charge is -2.32. The van der Waals surface area contributed by atoms with Crippen LogP contribution in [0.5, 0.6) is 0 Å². The Bertz CT molecular complexity index is 937. The fourth-order valence-corrected chi connectivity index (χ4v) is 3.40. The second kappa shape index (κ2) is 8.47. The van der Waals surface area contributed by atoms with E-state index in [0.717, 1.165) is 22.6 Å². The van der Waals surface area contributed by atoms with Crippen LogP contribution in [0.3, 0.4) is 0 Å². The summed E-state index contributed by atoms with van der Waals surface area (Å²) in [6.45, 7) is -0.899. The molecule has 0 bridgehead atoms. The van der Waals surface area contributed by atoms with Crippen LogP contribution in [-0.4, -0.2) is 24.7 Å². The van der Waals surface area contributed by atoms with Gasteiger partial charge in [-0.05, 0) is 34.7 Å². The van der Waals surface area contributed by atoms with Gasteiger partial charge in [0.25, 0.3) is 0 Å². The Kier molecular flexibility index (Phi) is 6.88. The van der Waals surface area contributed by atoms with E-state index in [2.05, 4.69) is 0 Å². The molecule has 0 heterocycles. The van der Waals surface area contributed by atoms with Crippen LogP contribution in [0, 0.1) is 3.57 Å². The molecule has 0 radical (unpaired) electrons. The van der Waals surface area contributed by atoms with Gasteiger partial charge in [-0.2, -0.15) is 39.5 Å². The summed E-state index contributed by atoms with van der Waals surface area (Å²) in [4.78, 5) is 12.1. The quantitative estimate of drug-likeness (QED) is 0.240. The molecule has 2 nitrogen and oxygen atoms in total. The molecule has 0 saturated carbocycles. The average molecular weight is 573 g/mol. The Hall–Kier alpha value is -2.06. The molecule has 0 aliphatic rings. The van der Waals surface area contributed by atoms with Crippen LogP contribution in [0.25, 0.3) is 0 Å². The summed E-state index contributed by atoms with van der Waals surface area (Å²) in [6.07, 6.45) is -18.6. The van der Waals surface area contributed by atoms with Gasteiger partial charge in [0, 0.05) is 14.7 Å². The van der Waals surface area contributed by atoms with E-state index in [1.54, 1.807) is 0 Å². The van der Waals surface area contributed by atoms with Gasteiger partial charge in [0.15, 0.2) is 5.78 Å². The first-order chi connectivity index (χ1) is 14.0. The zero-order valence-corrected chi connectivity index (χ0v) is 17.0. The number of benzene rings is 2. The summed E-state index contributed by atoms with van der Waals surface area (Å²) in [5.74, 6) is -0.800. The van der Waals surface area contributed by atoms with Crippen molar-refractivity contribution in [2.24, 2.45) is 0 Å². The van der Waals surface area contributed by atoms with Crippen LogP contribution >= 0.6 is 22.6 Å². The molecule has 0 amide bonds. The average Bonchev–Trinajstić information content (AvgIpc) is 2.63. The van der Waals surface area contributed by atoms with Crippen LogP contribution in [0.1, 0.15) is 21.5 Å². The van der Waals surface area contributed by atoms with E-state index in [-0.39, 0.29) is 11.6 Å². The van der Waals surface area contributed by atoms with Gasteiger partial charge in [-0.25, -0.2) is 4.39 Å². The highest BCUT2D eigenvalue weighted by molar-refractivity contribution is 14.1. The predicted molar refractivity (Wildman–Crippen MR) is 98.3 cm³/mol. The zero-order valence-electron chi connectivity index (χ0n) is 14.8. The molecule has 0 aliphatic carbocycles. The van der Waals surface area contributed by atoms with E-state index in [4.69, 9.17) is 0 Å². The second-order valence-electron chi connectivity index (χ2n) is 6.18. The number of alkyl halides is 10. The van der Waals surface area contributed by atoms with Crippen molar-refractivity contribution < 1.29 is 48.7 Å². The Labute approximate surface area is 181 Å². The predicted octanol–water partition coefficient (Wildman–Crippen LogP) is 6.89. The molecule has 2 rings (SSSR count). The number of carbonyl (C=O) groups is 1. The van der Waals surface area contributed by atoms with Crippen molar-refractivity contribution in [1.82, 2.24) is 0 Å². The molecule has 0 fully saturated rings. The smallest absolute Gasteiger partial charge is 0.376 e. The Morgan fingerprint density at radius 2 is 1.35 bits per heavy atom. The highest BCUT2D eigenvalue weighted by atomic mass is 127. The van der Waals surface area contributed by atoms with Gasteiger partial charge in [0.05, 0.1) is 17.8 Å². The van der Waals surface area contributed by atoms with E-state index >= 15 is 0 Å². The van der Waals surface area contributed by atoms with Crippen molar-refractivity contribution in [3.8, 4) is 0 Å². The van der Waals surface area contributed by atoms with Gasteiger partial charge in [-0.3, -0.25) is 4.79 Å². The standard InChI is InChI=1S/C18H10F10INO/c19-15(17(23,24)25,18(26,27)28)11-6-10(16(20,21)22)7-12(29)14(11)30-8-13(31)9-4-2-1-3-5-9/h1-7,30H,8H2. The van der Waals surface area contributed by atoms with Gasteiger partial charge in [0.2, 0.25) is 0 Å². The first-order valence-corrected chi connectivity index (χ1v) is 9.13. The molecule has 31 heavy (non-hydrogen) atoms. The van der Waals surface area contributed by atoms with Gasteiger partial charge in [-0.1, -0.05) is 30.3 Å². The minimum Gasteiger partial charge on any atom is -0.376 e. The molecule has 0 saturated heterocycles. The lowest BCUT2D eigenvalue weighted by molar-refractivity contribution is -0.348. The third kappa shape index (κ3) is 5.06. The molecule has 0 aliphatic heterocycles. The number of anilines is 1. The summed E-state index contributed by atoms with van der Waals surface area (Å²) in [6, 6.07) is 6.68. The van der Waals surface area contributed by atoms with Gasteiger partial charge >= 0.3 is 24.2 Å². The number of halogens is 11. The SMILES string of the molecule is O=C(CNc1c(I)cc(C(F)(F)F)cc1C(F)(C(F)(F)F)C(F)(F)F)c1ccccc1. The summed E-state index contributed by atoms with van der Waals surface area (Å²) >= 11 is 1.03. The number of Topliss-reactive ketones (excluding diaryl/α,β-unsaturated/α-hetero) is 1. The van der Waals surface area contributed by atoms with Crippen LogP contribution in [-0.2, 0) is 11.8 Å². The van der Waals surface area contributed by atoms with Crippen molar-refractivity contribution in [2.75, 3.05) is 11.9 Å². The summed E-state index contributed by atoms with van der Waals surface area (Å²) in [5.41, 5.74) is -11.6. The minimum atomic E-state index is -6.64. The number of carbonyl (C=O) groups excluding carboxylic acids is 1. The fourth-order valence-electron chi connectivity index (χ4n) is 2.58. The van der Waals surface area contributed by atoms with Gasteiger partial charge < -0.3 is 5.32 Å². The van der Waals surface area contributed by atoms with Crippen molar-refractivity contribution in [3.05, 3.63) is 62.7 Å². The molecular formula is C18H10F10INO. The highest BCUT2D eigenvalue weighted by Gasteiger charge is 2.74. The van der Waals surface area contributed by atoms with Gasteiger partial charge in [0.1, 0.15) is 0 Å². The van der Waals surface area contributed by atoms with Crippen molar-refractivity contribution >= 4 is 34.1 Å². The second-order valence-corrected chi connectivity index (χ2v) is 7.34. The fraction of sp³-hybridized carbons (Fsp3) is 0.278. The van der Waals surface area contributed by atoms with E-state index in [1.165, 1.54) is 30.3 Å². The number of hydrogen-bond acceptors (Lipinski definition) is 2. The molecule has 13 heteroatoms. The van der Waals surface area contributed by atoms with Crippen molar-refractivity contribution in [3.63, 3.8) is 0 Å². The third-order valence-corrected chi connectivity index (χ3v) is 4.94. The lowest BCUT2D eigenvalue weighted by Crippen LogP contribution is -2.51. The molecule has 0 aromatic heterocycles. The molecule has 0 unspecified atom stereocenters. The molecule has 170 valence electrons. The summed E-state index contributed by atoms with van der Waals surface area (Å²) in [7, 11) is 0. The lowest BCUT2D eigenvalue weighted by atomic mass is 9.90. The molecule has 0 atom stereocenters. The van der Waals surface area contributed by atoms with Crippen LogP contribution < -0.4 is 5.32 Å². The van der Waals surface area contributed by atoms with Crippen LogP contribution in [0.2, 0.25) is 0 Å². The number of hydrogen-bond donors (Lipinski definition) is 1. The third-order valence-electron chi connectivity index (χ3n) is 4.09. The van der Waals surface area contributed by atoms with Crippen molar-refractivity contribution in [2.45, 2.75) is 24.2 Å². The van der Waals surface area contributed by atoms with Crippen LogP contribution in [0.15, 0.2) is 42.5 Å². The Morgan fingerprint density at radius 3 is 1.81 bits per heavy atom. The molecular weight excluding hydrogens is 563 g/mol. The van der Waals surface area contributed by atoms with Crippen molar-refractivity contribution in [1.29, 1.82) is 0 Å². The Balaban J connectivity index is 2.66. The molecule has 0 spiro atoms. The van der Waals surface area contributed by atoms with E-state index in [1.807, 2.05) is 5.32 Å². The number of nitrogens with one attached hydrogen (secondary N) is 1. The molecule has 2 aromatic carbocycles. The van der Waals surface area contributed by atoms with E-state index in [0.29, 0.717) is 0 Å². The minimum absolute atomic E-state index is 0.0247. The maximum absolute atomic E-state index is 14.6. The van der Waals surface area contributed by atoms with Gasteiger partial charge in [-0.15, -0.1) is 0 Å². The maximum Gasteiger partial charge on any atom is 0.436 e. The summed E-state index contributed by atoms with van der Waals surface area (Å²) < 4.78 is 132. The molecule has 2 aromatic rings. The summed E-state index contributed by atoms with van der Waals surface area (Å²) in [5, 5.41) is 1.94. The largest absolute Gasteiger partial charge is 0.436 e. The molecule has 1 N–H and O–H groups in total. The maximum atomic E-state index is 14.6. The zero-order chi connectivity index (χ0) is 23.8. The monoisotopic (exact) mass is 573 g/mol. The van der Waals surface area contributed by atoms with E-state index < -0.39 is 63.0 Å². The highest BCUT2D eigenvalue weighted by Crippen LogP contribution is 2.56. The van der Waals surface area contributed by atoms with Crippen LogP contribution in [0.4, 0.5) is 49.6 Å². The van der Waals surface area contributed by atoms with E-state index in [9.17, 15) is 48.7 Å². The normalized spacial score (nSPS) is 13.3. The number of ketones is 1. The topological polar surface area (TPSA) is 29.1 Å². The number of rotatable bonds is 5. The first kappa shape index (κ1) is 25.2. The Morgan fingerprint density at radius 1 is 0.839 bits per heavy atom.